The van der Waals surface area contributed by atoms with Crippen molar-refractivity contribution in [3.63, 3.8) is 0 Å². The number of hydrogen-bond acceptors (Lipinski definition) is 3. The summed E-state index contributed by atoms with van der Waals surface area (Å²) >= 11 is 1.81. The van der Waals surface area contributed by atoms with Crippen LogP contribution in [0.15, 0.2) is 0 Å². The third-order valence-electron chi connectivity index (χ3n) is 3.54. The van der Waals surface area contributed by atoms with E-state index in [4.69, 9.17) is 0 Å². The molecule has 0 aromatic heterocycles. The van der Waals surface area contributed by atoms with Gasteiger partial charge in [-0.15, -0.1) is 0 Å². The van der Waals surface area contributed by atoms with E-state index in [9.17, 15) is 4.79 Å². The van der Waals surface area contributed by atoms with Gasteiger partial charge in [-0.1, -0.05) is 20.8 Å². The van der Waals surface area contributed by atoms with Crippen molar-refractivity contribution in [3.8, 4) is 0 Å². The molecule has 0 radical (unpaired) electrons. The zero-order valence-electron chi connectivity index (χ0n) is 11.0. The molecule has 0 aliphatic carbocycles. The molecule has 1 rings (SSSR count). The van der Waals surface area contributed by atoms with Gasteiger partial charge < -0.3 is 4.90 Å². The highest BCUT2D eigenvalue weighted by atomic mass is 32.2. The zero-order valence-corrected chi connectivity index (χ0v) is 11.9. The van der Waals surface area contributed by atoms with Crippen LogP contribution in [0, 0.1) is 0 Å². The van der Waals surface area contributed by atoms with Crippen LogP contribution >= 0.6 is 11.8 Å². The van der Waals surface area contributed by atoms with E-state index in [1.54, 1.807) is 0 Å². The van der Waals surface area contributed by atoms with Crippen LogP contribution in [0.1, 0.15) is 40.5 Å². The Hall–Kier alpha value is -0.220. The van der Waals surface area contributed by atoms with Crippen LogP contribution in [0.3, 0.4) is 0 Å². The van der Waals surface area contributed by atoms with Crippen molar-refractivity contribution in [1.82, 2.24) is 10.2 Å². The molecule has 1 aliphatic heterocycles. The highest BCUT2D eigenvalue weighted by molar-refractivity contribution is 7.99. The molecule has 3 nitrogen and oxygen atoms in total. The third kappa shape index (κ3) is 2.54. The van der Waals surface area contributed by atoms with E-state index >= 15 is 0 Å². The second-order valence-electron chi connectivity index (χ2n) is 4.76. The maximum Gasteiger partial charge on any atom is 0.243 e. The summed E-state index contributed by atoms with van der Waals surface area (Å²) in [6.07, 6.45) is 4.14. The van der Waals surface area contributed by atoms with Crippen molar-refractivity contribution in [1.29, 1.82) is 0 Å². The highest BCUT2D eigenvalue weighted by Gasteiger charge is 2.45. The summed E-state index contributed by atoms with van der Waals surface area (Å²) in [5.74, 6) is 0.266. The molecule has 1 heterocycles. The number of nitrogens with one attached hydrogen (secondary N) is 1. The fourth-order valence-corrected chi connectivity index (χ4v) is 2.41. The van der Waals surface area contributed by atoms with Crippen molar-refractivity contribution in [2.75, 3.05) is 12.8 Å². The monoisotopic (exact) mass is 244 g/mol. The second kappa shape index (κ2) is 5.41. The standard InChI is InChI=1S/C12H24N2OS/c1-6-10-13-12(4,7-2)11(15)14(10)8-9(3)16-5/h9-10,13H,6-8H2,1-5H3. The molecule has 94 valence electrons. The van der Waals surface area contributed by atoms with E-state index in [-0.39, 0.29) is 17.6 Å². The van der Waals surface area contributed by atoms with Gasteiger partial charge in [-0.25, -0.2) is 0 Å². The average Bonchev–Trinajstić information content (AvgIpc) is 2.54. The van der Waals surface area contributed by atoms with E-state index in [1.165, 1.54) is 0 Å². The molecule has 4 heteroatoms. The lowest BCUT2D eigenvalue weighted by Gasteiger charge is -2.25. The summed E-state index contributed by atoms with van der Waals surface area (Å²) in [6, 6.07) is 0. The normalized spacial score (nSPS) is 32.2. The number of hydrogen-bond donors (Lipinski definition) is 1. The van der Waals surface area contributed by atoms with E-state index in [2.05, 4.69) is 32.3 Å². The summed E-state index contributed by atoms with van der Waals surface area (Å²) in [5.41, 5.74) is -0.348. The molecule has 16 heavy (non-hydrogen) atoms. The van der Waals surface area contributed by atoms with E-state index in [0.717, 1.165) is 19.4 Å². The lowest BCUT2D eigenvalue weighted by molar-refractivity contribution is -0.132. The van der Waals surface area contributed by atoms with Gasteiger partial charge >= 0.3 is 0 Å². The topological polar surface area (TPSA) is 32.3 Å². The number of carbonyl (C=O) groups excluding carboxylic acids is 1. The molecule has 0 aromatic rings. The van der Waals surface area contributed by atoms with Crippen LogP contribution in [0.5, 0.6) is 0 Å². The van der Waals surface area contributed by atoms with Gasteiger partial charge in [-0.05, 0) is 26.0 Å². The first-order chi connectivity index (χ1) is 7.48. The molecule has 1 N–H and O–H groups in total. The first-order valence-electron chi connectivity index (χ1n) is 6.10. The Balaban J connectivity index is 2.78. The molecule has 0 bridgehead atoms. The third-order valence-corrected chi connectivity index (χ3v) is 4.50. The summed E-state index contributed by atoms with van der Waals surface area (Å²) < 4.78 is 0. The van der Waals surface area contributed by atoms with Crippen LogP contribution in [0.4, 0.5) is 0 Å². The highest BCUT2D eigenvalue weighted by Crippen LogP contribution is 2.26. The lowest BCUT2D eigenvalue weighted by atomic mass is 9.99. The first-order valence-corrected chi connectivity index (χ1v) is 7.38. The number of rotatable bonds is 5. The van der Waals surface area contributed by atoms with Gasteiger partial charge in [0.25, 0.3) is 0 Å². The Labute approximate surface area is 103 Å². The molecule has 1 aliphatic rings. The SMILES string of the molecule is CCC1NC(C)(CC)C(=O)N1CC(C)SC. The Morgan fingerprint density at radius 3 is 2.62 bits per heavy atom. The molecule has 3 atom stereocenters. The van der Waals surface area contributed by atoms with Gasteiger partial charge in [0.05, 0.1) is 11.7 Å². The summed E-state index contributed by atoms with van der Waals surface area (Å²) in [6.45, 7) is 9.23. The zero-order chi connectivity index (χ0) is 12.3. The van der Waals surface area contributed by atoms with Crippen LogP contribution < -0.4 is 5.32 Å². The van der Waals surface area contributed by atoms with Crippen molar-refractivity contribution >= 4 is 17.7 Å². The molecular weight excluding hydrogens is 220 g/mol. The molecule has 0 saturated carbocycles. The minimum atomic E-state index is -0.348. The maximum absolute atomic E-state index is 12.3. The van der Waals surface area contributed by atoms with Crippen molar-refractivity contribution in [2.45, 2.75) is 57.5 Å². The summed E-state index contributed by atoms with van der Waals surface area (Å²) in [7, 11) is 0. The van der Waals surface area contributed by atoms with Crippen molar-refractivity contribution < 1.29 is 4.79 Å². The summed E-state index contributed by atoms with van der Waals surface area (Å²) in [4.78, 5) is 14.4. The number of nitrogens with zero attached hydrogens (tertiary/aromatic N) is 1. The molecule has 0 spiro atoms. The van der Waals surface area contributed by atoms with Crippen LogP contribution in [0.2, 0.25) is 0 Å². The number of carbonyl (C=O) groups is 1. The van der Waals surface area contributed by atoms with Gasteiger partial charge in [0.15, 0.2) is 0 Å². The predicted molar refractivity (Wildman–Crippen MR) is 70.6 cm³/mol. The first kappa shape index (κ1) is 13.8. The summed E-state index contributed by atoms with van der Waals surface area (Å²) in [5, 5.41) is 3.96. The van der Waals surface area contributed by atoms with E-state index in [0.29, 0.717) is 5.25 Å². The number of amides is 1. The van der Waals surface area contributed by atoms with Gasteiger partial charge in [-0.3, -0.25) is 10.1 Å². The Bertz CT molecular complexity index is 259. The predicted octanol–water partition coefficient (Wildman–Crippen LogP) is 2.07. The van der Waals surface area contributed by atoms with E-state index in [1.807, 2.05) is 23.6 Å². The smallest absolute Gasteiger partial charge is 0.243 e. The van der Waals surface area contributed by atoms with Crippen molar-refractivity contribution in [2.24, 2.45) is 0 Å². The molecule has 1 amide bonds. The van der Waals surface area contributed by atoms with Gasteiger partial charge in [0.1, 0.15) is 0 Å². The van der Waals surface area contributed by atoms with Crippen LogP contribution in [-0.2, 0) is 4.79 Å². The van der Waals surface area contributed by atoms with Crippen LogP contribution in [0.25, 0.3) is 0 Å². The van der Waals surface area contributed by atoms with Crippen LogP contribution in [-0.4, -0.2) is 40.6 Å². The molecule has 1 saturated heterocycles. The largest absolute Gasteiger partial charge is 0.324 e. The Morgan fingerprint density at radius 2 is 2.19 bits per heavy atom. The molecule has 1 fully saturated rings. The van der Waals surface area contributed by atoms with Gasteiger partial charge in [0, 0.05) is 11.8 Å². The van der Waals surface area contributed by atoms with Crippen molar-refractivity contribution in [3.05, 3.63) is 0 Å². The fourth-order valence-electron chi connectivity index (χ4n) is 2.10. The quantitative estimate of drug-likeness (QED) is 0.803. The van der Waals surface area contributed by atoms with Gasteiger partial charge in [-0.2, -0.15) is 11.8 Å². The molecule has 0 aromatic carbocycles. The Kier molecular flexibility index (Phi) is 4.68. The lowest BCUT2D eigenvalue weighted by Crippen LogP contribution is -2.43. The number of thioether (sulfide) groups is 1. The van der Waals surface area contributed by atoms with Gasteiger partial charge in [0.2, 0.25) is 5.91 Å². The molecule has 3 unspecified atom stereocenters. The minimum Gasteiger partial charge on any atom is -0.324 e. The fraction of sp³-hybridized carbons (Fsp3) is 0.917. The molecular formula is C12H24N2OS. The Morgan fingerprint density at radius 1 is 1.56 bits per heavy atom. The minimum absolute atomic E-state index is 0.215. The average molecular weight is 244 g/mol. The second-order valence-corrected chi connectivity index (χ2v) is 6.03. The maximum atomic E-state index is 12.3. The van der Waals surface area contributed by atoms with E-state index < -0.39 is 0 Å².